The topological polar surface area (TPSA) is 57.2 Å². The van der Waals surface area contributed by atoms with Crippen molar-refractivity contribution < 1.29 is 23.7 Å². The van der Waals surface area contributed by atoms with Crippen molar-refractivity contribution in [2.24, 2.45) is 0 Å². The number of unbranched alkanes of at least 4 members (excludes halogenated alkanes) is 1. The Morgan fingerprint density at radius 1 is 1.14 bits per heavy atom. The number of hydrogen-bond acceptors (Lipinski definition) is 6. The molecule has 0 aliphatic carbocycles. The molecule has 7 heteroatoms. The van der Waals surface area contributed by atoms with Gasteiger partial charge < -0.3 is 14.0 Å². The number of rotatable bonds is 7. The van der Waals surface area contributed by atoms with Crippen LogP contribution in [0, 0.1) is 0 Å². The summed E-state index contributed by atoms with van der Waals surface area (Å²) >= 11 is 0. The summed E-state index contributed by atoms with van der Waals surface area (Å²) in [4.78, 5) is 19.2. The molecule has 3 rings (SSSR count). The molecule has 2 fully saturated rings. The highest BCUT2D eigenvalue weighted by atomic mass is 16.7. The van der Waals surface area contributed by atoms with Crippen LogP contribution in [0.25, 0.3) is 0 Å². The summed E-state index contributed by atoms with van der Waals surface area (Å²) in [5, 5.41) is 1.76. The van der Waals surface area contributed by atoms with Gasteiger partial charge in [-0.2, -0.15) is 5.06 Å². The fourth-order valence-corrected chi connectivity index (χ4v) is 4.02. The molecule has 2 aliphatic rings. The van der Waals surface area contributed by atoms with E-state index in [2.05, 4.69) is 6.92 Å². The zero-order valence-corrected chi connectivity index (χ0v) is 18.5. The van der Waals surface area contributed by atoms with Gasteiger partial charge in [0.15, 0.2) is 0 Å². The Kier molecular flexibility index (Phi) is 6.73. The lowest BCUT2D eigenvalue weighted by molar-refractivity contribution is -0.185. The highest BCUT2D eigenvalue weighted by Gasteiger charge is 2.62. The average molecular weight is 403 g/mol. The van der Waals surface area contributed by atoms with Gasteiger partial charge in [0.2, 0.25) is 0 Å². The molecule has 0 bridgehead atoms. The Morgan fingerprint density at radius 2 is 1.76 bits per heavy atom. The Labute approximate surface area is 174 Å². The maximum Gasteiger partial charge on any atom is 0.466 e. The van der Waals surface area contributed by atoms with E-state index in [0.29, 0.717) is 6.54 Å². The fourth-order valence-electron chi connectivity index (χ4n) is 4.02. The zero-order valence-electron chi connectivity index (χ0n) is 18.5. The first-order chi connectivity index (χ1) is 13.7. The van der Waals surface area contributed by atoms with E-state index in [1.807, 2.05) is 58.0 Å². The zero-order chi connectivity index (χ0) is 21.2. The van der Waals surface area contributed by atoms with Gasteiger partial charge in [-0.25, -0.2) is 0 Å². The second-order valence-corrected chi connectivity index (χ2v) is 9.02. The van der Waals surface area contributed by atoms with Crippen LogP contribution in [-0.2, 0) is 30.2 Å². The second-order valence-electron chi connectivity index (χ2n) is 9.02. The normalized spacial score (nSPS) is 28.6. The number of methoxy groups -OCH3 is 1. The maximum atomic E-state index is 12.9. The van der Waals surface area contributed by atoms with Gasteiger partial charge in [-0.05, 0) is 39.7 Å². The van der Waals surface area contributed by atoms with Crippen molar-refractivity contribution in [2.75, 3.05) is 7.11 Å². The van der Waals surface area contributed by atoms with Crippen LogP contribution >= 0.6 is 0 Å². The number of ether oxygens (including phenoxy) is 1. The molecule has 2 aliphatic heterocycles. The smallest absolute Gasteiger partial charge is 0.466 e. The molecule has 160 valence electrons. The molecule has 0 N–H and O–H groups in total. The quantitative estimate of drug-likeness (QED) is 0.507. The number of nitrogens with zero attached hydrogens (tertiary/aromatic N) is 1. The molecule has 29 heavy (non-hydrogen) atoms. The molecule has 2 heterocycles. The van der Waals surface area contributed by atoms with E-state index in [4.69, 9.17) is 18.9 Å². The third kappa shape index (κ3) is 4.53. The van der Waals surface area contributed by atoms with E-state index in [1.54, 1.807) is 5.06 Å². The Hall–Kier alpha value is -1.41. The van der Waals surface area contributed by atoms with Gasteiger partial charge in [0.05, 0.1) is 36.8 Å². The van der Waals surface area contributed by atoms with Gasteiger partial charge in [-0.1, -0.05) is 50.1 Å². The largest absolute Gasteiger partial charge is 0.468 e. The first-order valence-corrected chi connectivity index (χ1v) is 10.6. The van der Waals surface area contributed by atoms with Crippen LogP contribution in [0.1, 0.15) is 59.4 Å². The van der Waals surface area contributed by atoms with Crippen LogP contribution < -0.4 is 0 Å². The van der Waals surface area contributed by atoms with E-state index >= 15 is 0 Å². The first kappa shape index (κ1) is 22.3. The van der Waals surface area contributed by atoms with Crippen molar-refractivity contribution in [2.45, 2.75) is 89.6 Å². The maximum absolute atomic E-state index is 12.9. The Morgan fingerprint density at radius 3 is 2.31 bits per heavy atom. The summed E-state index contributed by atoms with van der Waals surface area (Å²) in [5.41, 5.74) is 0.131. The molecule has 1 aromatic rings. The minimum absolute atomic E-state index is 0.169. The van der Waals surface area contributed by atoms with E-state index < -0.39 is 24.4 Å². The summed E-state index contributed by atoms with van der Waals surface area (Å²) in [7, 11) is 0.885. The van der Waals surface area contributed by atoms with Crippen molar-refractivity contribution in [1.29, 1.82) is 0 Å². The van der Waals surface area contributed by atoms with E-state index in [9.17, 15) is 4.79 Å². The van der Waals surface area contributed by atoms with E-state index in [-0.39, 0.29) is 17.9 Å². The highest BCUT2D eigenvalue weighted by Crippen LogP contribution is 2.47. The summed E-state index contributed by atoms with van der Waals surface area (Å²) in [6.07, 6.45) is 2.73. The minimum Gasteiger partial charge on any atom is -0.468 e. The van der Waals surface area contributed by atoms with Gasteiger partial charge in [-0.3, -0.25) is 9.63 Å². The molecule has 0 aromatic heterocycles. The molecule has 0 amide bonds. The highest BCUT2D eigenvalue weighted by molar-refractivity contribution is 6.48. The number of esters is 1. The van der Waals surface area contributed by atoms with Gasteiger partial charge in [0, 0.05) is 0 Å². The molecular weight excluding hydrogens is 369 g/mol. The van der Waals surface area contributed by atoms with E-state index in [0.717, 1.165) is 24.8 Å². The third-order valence-electron chi connectivity index (χ3n) is 6.43. The summed E-state index contributed by atoms with van der Waals surface area (Å²) in [6, 6.07) is 9.42. The molecule has 0 radical (unpaired) electrons. The Balaban J connectivity index is 1.91. The predicted octanol–water partition coefficient (Wildman–Crippen LogP) is 4.00. The summed E-state index contributed by atoms with van der Waals surface area (Å²) < 4.78 is 17.9. The minimum atomic E-state index is -0.586. The lowest BCUT2D eigenvalue weighted by Crippen LogP contribution is -2.44. The average Bonchev–Trinajstić information content (AvgIpc) is 3.13. The number of carbonyl (C=O) groups is 1. The predicted molar refractivity (Wildman–Crippen MR) is 112 cm³/mol. The van der Waals surface area contributed by atoms with Crippen LogP contribution in [0.2, 0.25) is 5.82 Å². The van der Waals surface area contributed by atoms with Crippen LogP contribution in [-0.4, -0.2) is 48.6 Å². The van der Waals surface area contributed by atoms with Crippen molar-refractivity contribution in [3.8, 4) is 0 Å². The number of hydrogen-bond donors (Lipinski definition) is 0. The van der Waals surface area contributed by atoms with Crippen molar-refractivity contribution in [3.05, 3.63) is 35.9 Å². The standard InChI is InChI=1S/C22H34BNO5/c1-7-8-14-17-18(23-28-21(2,3)22(4,5)29-23)19(20(25)26-6)24(27-17)15-16-12-10-9-11-13-16/h9-13,17-19H,7-8,14-15H2,1-6H3/t17-,18-,19?/m0/s1. The van der Waals surface area contributed by atoms with Gasteiger partial charge in [0.25, 0.3) is 0 Å². The summed E-state index contributed by atoms with van der Waals surface area (Å²) in [5.74, 6) is -0.585. The molecule has 1 aromatic carbocycles. The lowest BCUT2D eigenvalue weighted by Gasteiger charge is -2.32. The first-order valence-electron chi connectivity index (χ1n) is 10.6. The van der Waals surface area contributed by atoms with Crippen molar-refractivity contribution >= 4 is 13.1 Å². The molecule has 1 unspecified atom stereocenters. The third-order valence-corrected chi connectivity index (χ3v) is 6.43. The van der Waals surface area contributed by atoms with Crippen LogP contribution in [0.4, 0.5) is 0 Å². The van der Waals surface area contributed by atoms with Crippen LogP contribution in [0.15, 0.2) is 30.3 Å². The summed E-state index contributed by atoms with van der Waals surface area (Å²) in [6.45, 7) is 10.8. The molecule has 3 atom stereocenters. The number of carbonyl (C=O) groups excluding carboxylic acids is 1. The monoisotopic (exact) mass is 403 g/mol. The van der Waals surface area contributed by atoms with E-state index in [1.165, 1.54) is 7.11 Å². The second kappa shape index (κ2) is 8.76. The van der Waals surface area contributed by atoms with Crippen molar-refractivity contribution in [1.82, 2.24) is 5.06 Å². The van der Waals surface area contributed by atoms with Gasteiger partial charge >= 0.3 is 13.1 Å². The Bertz CT molecular complexity index is 680. The number of hydroxylamine groups is 2. The van der Waals surface area contributed by atoms with Crippen LogP contribution in [0.5, 0.6) is 0 Å². The lowest BCUT2D eigenvalue weighted by atomic mass is 9.64. The van der Waals surface area contributed by atoms with Crippen LogP contribution in [0.3, 0.4) is 0 Å². The van der Waals surface area contributed by atoms with Gasteiger partial charge in [-0.15, -0.1) is 0 Å². The molecular formula is C22H34BNO5. The van der Waals surface area contributed by atoms with Crippen molar-refractivity contribution in [3.63, 3.8) is 0 Å². The number of benzene rings is 1. The molecule has 6 nitrogen and oxygen atoms in total. The fraction of sp³-hybridized carbons (Fsp3) is 0.682. The van der Waals surface area contributed by atoms with Gasteiger partial charge in [0.1, 0.15) is 6.04 Å². The molecule has 0 spiro atoms. The molecule has 0 saturated carbocycles. The SMILES string of the molecule is CCCC[C@@H]1ON(Cc2ccccc2)C(C(=O)OC)[C@H]1B1OC(C)(C)C(C)(C)O1. The molecule has 2 saturated heterocycles.